The number of hydrogen-bond donors (Lipinski definition) is 1. The van der Waals surface area contributed by atoms with Gasteiger partial charge < -0.3 is 15.0 Å². The van der Waals surface area contributed by atoms with E-state index in [1.807, 2.05) is 49.2 Å². The second-order valence-corrected chi connectivity index (χ2v) is 10.4. The molecule has 0 spiro atoms. The zero-order chi connectivity index (χ0) is 25.3. The molecule has 5 nitrogen and oxygen atoms in total. The molecule has 0 unspecified atom stereocenters. The van der Waals surface area contributed by atoms with Crippen LogP contribution in [0.1, 0.15) is 62.1 Å². The number of anilines is 1. The highest BCUT2D eigenvalue weighted by atomic mass is 32.1. The molecule has 1 N–H and O–H groups in total. The van der Waals surface area contributed by atoms with E-state index in [1.165, 1.54) is 10.4 Å². The lowest BCUT2D eigenvalue weighted by atomic mass is 9.97. The van der Waals surface area contributed by atoms with Crippen LogP contribution in [0.15, 0.2) is 72.1 Å². The number of thiophene rings is 1. The maximum Gasteiger partial charge on any atom is 0.226 e. The third-order valence-corrected chi connectivity index (χ3v) is 8.14. The molecule has 0 aliphatic carbocycles. The van der Waals surface area contributed by atoms with E-state index in [4.69, 9.17) is 4.74 Å². The zero-order valence-electron chi connectivity index (χ0n) is 21.7. The summed E-state index contributed by atoms with van der Waals surface area (Å²) in [5.74, 6) is 1.17. The Balaban J connectivity index is 1.46. The van der Waals surface area contributed by atoms with Gasteiger partial charge in [-0.2, -0.15) is 0 Å². The van der Waals surface area contributed by atoms with Crippen molar-refractivity contribution in [3.63, 3.8) is 0 Å². The van der Waals surface area contributed by atoms with E-state index in [0.29, 0.717) is 6.42 Å². The summed E-state index contributed by atoms with van der Waals surface area (Å²) in [7, 11) is 1.98. The average Bonchev–Trinajstić information content (AvgIpc) is 3.47. The van der Waals surface area contributed by atoms with E-state index in [0.717, 1.165) is 50.3 Å². The van der Waals surface area contributed by atoms with Gasteiger partial charge in [0.25, 0.3) is 0 Å². The molecule has 2 aromatic carbocycles. The van der Waals surface area contributed by atoms with Crippen LogP contribution in [-0.2, 0) is 4.79 Å². The number of ether oxygens (including phenoxy) is 1. The summed E-state index contributed by atoms with van der Waals surface area (Å²) in [4.78, 5) is 18.7. The first-order chi connectivity index (χ1) is 17.6. The molecule has 0 bridgehead atoms. The maximum absolute atomic E-state index is 12.9. The maximum atomic E-state index is 12.9. The van der Waals surface area contributed by atoms with E-state index < -0.39 is 0 Å². The van der Waals surface area contributed by atoms with Crippen molar-refractivity contribution >= 4 is 22.9 Å². The van der Waals surface area contributed by atoms with E-state index in [9.17, 15) is 4.79 Å². The minimum Gasteiger partial charge on any atom is -0.485 e. The highest BCUT2D eigenvalue weighted by molar-refractivity contribution is 7.10. The smallest absolute Gasteiger partial charge is 0.226 e. The summed E-state index contributed by atoms with van der Waals surface area (Å²) in [5.41, 5.74) is 2.24. The van der Waals surface area contributed by atoms with Crippen molar-refractivity contribution in [2.24, 2.45) is 0 Å². The van der Waals surface area contributed by atoms with Gasteiger partial charge in [-0.1, -0.05) is 49.4 Å². The first-order valence-electron chi connectivity index (χ1n) is 13.2. The van der Waals surface area contributed by atoms with Crippen molar-refractivity contribution in [2.75, 3.05) is 31.6 Å². The average molecular weight is 506 g/mol. The Morgan fingerprint density at radius 2 is 1.81 bits per heavy atom. The molecule has 0 radical (unpaired) electrons. The zero-order valence-corrected chi connectivity index (χ0v) is 22.5. The van der Waals surface area contributed by atoms with Gasteiger partial charge in [-0.15, -0.1) is 11.3 Å². The highest BCUT2D eigenvalue weighted by Gasteiger charge is 2.31. The molecule has 1 fully saturated rings. The van der Waals surface area contributed by atoms with Gasteiger partial charge in [0, 0.05) is 54.1 Å². The van der Waals surface area contributed by atoms with Gasteiger partial charge in [0.1, 0.15) is 11.9 Å². The highest BCUT2D eigenvalue weighted by Crippen LogP contribution is 2.36. The number of likely N-dealkylation sites (tertiary alicyclic amines) is 1. The monoisotopic (exact) mass is 505 g/mol. The van der Waals surface area contributed by atoms with Crippen LogP contribution in [0.3, 0.4) is 0 Å². The molecule has 3 aromatic rings. The van der Waals surface area contributed by atoms with Crippen molar-refractivity contribution < 1.29 is 9.53 Å². The fourth-order valence-corrected chi connectivity index (χ4v) is 5.93. The van der Waals surface area contributed by atoms with Crippen LogP contribution in [0.5, 0.6) is 5.75 Å². The molecule has 1 aliphatic rings. The van der Waals surface area contributed by atoms with Gasteiger partial charge in [-0.05, 0) is 63.0 Å². The molecule has 1 saturated heterocycles. The van der Waals surface area contributed by atoms with Crippen LogP contribution in [0.2, 0.25) is 0 Å². The van der Waals surface area contributed by atoms with Gasteiger partial charge in [0.2, 0.25) is 5.91 Å². The van der Waals surface area contributed by atoms with Crippen LogP contribution in [0.25, 0.3) is 0 Å². The van der Waals surface area contributed by atoms with E-state index in [1.54, 1.807) is 11.3 Å². The van der Waals surface area contributed by atoms with E-state index in [-0.39, 0.29) is 24.1 Å². The quantitative estimate of drug-likeness (QED) is 0.325. The number of rotatable bonds is 11. The number of amides is 1. The summed E-state index contributed by atoms with van der Waals surface area (Å²) in [6.07, 6.45) is 3.42. The minimum absolute atomic E-state index is 0.0380. The molecule has 1 aromatic heterocycles. The van der Waals surface area contributed by atoms with Crippen molar-refractivity contribution in [3.05, 3.63) is 82.6 Å². The predicted octanol–water partition coefficient (Wildman–Crippen LogP) is 6.45. The van der Waals surface area contributed by atoms with Crippen LogP contribution >= 0.6 is 11.3 Å². The standard InChI is InChI=1S/C30H39N3O2S/c1-4-30(34)33(24-11-6-5-7-12-24)25-17-20-32(21-18-25)23(2)26-13-8-9-14-27(26)35-28(16-19-31-3)29-15-10-22-36-29/h5-15,22-23,25,28,31H,4,16-21H2,1-3H3/t23-,28-/m1/s1. The molecule has 0 saturated carbocycles. The largest absolute Gasteiger partial charge is 0.485 e. The SMILES string of the molecule is CCC(=O)N(c1ccccc1)C1CCN([C@H](C)c2ccccc2O[C@H](CCNC)c2cccs2)CC1. The molecular weight excluding hydrogens is 466 g/mol. The predicted molar refractivity (Wildman–Crippen MR) is 150 cm³/mol. The summed E-state index contributed by atoms with van der Waals surface area (Å²) in [6, 6.07) is 23.3. The topological polar surface area (TPSA) is 44.8 Å². The molecule has 1 amide bonds. The van der Waals surface area contributed by atoms with Crippen LogP contribution in [-0.4, -0.2) is 43.5 Å². The minimum atomic E-state index is 0.0380. The summed E-state index contributed by atoms with van der Waals surface area (Å²) in [6.45, 7) is 7.04. The van der Waals surface area contributed by atoms with Gasteiger partial charge in [0.05, 0.1) is 0 Å². The Bertz CT molecular complexity index is 1060. The number of nitrogens with one attached hydrogen (secondary N) is 1. The summed E-state index contributed by atoms with van der Waals surface area (Å²) in [5, 5.41) is 5.38. The Labute approximate surface area is 220 Å². The van der Waals surface area contributed by atoms with Gasteiger partial charge >= 0.3 is 0 Å². The summed E-state index contributed by atoms with van der Waals surface area (Å²) >= 11 is 1.75. The number of para-hydroxylation sites is 2. The Morgan fingerprint density at radius 1 is 1.08 bits per heavy atom. The molecule has 36 heavy (non-hydrogen) atoms. The lowest BCUT2D eigenvalue weighted by molar-refractivity contribution is -0.119. The molecule has 1 aliphatic heterocycles. The van der Waals surface area contributed by atoms with Crippen molar-refractivity contribution in [1.29, 1.82) is 0 Å². The van der Waals surface area contributed by atoms with Crippen molar-refractivity contribution in [1.82, 2.24) is 10.2 Å². The van der Waals surface area contributed by atoms with Crippen molar-refractivity contribution in [3.8, 4) is 5.75 Å². The third kappa shape index (κ3) is 6.36. The molecule has 4 rings (SSSR count). The third-order valence-electron chi connectivity index (χ3n) is 7.17. The van der Waals surface area contributed by atoms with Gasteiger partial charge in [-0.25, -0.2) is 0 Å². The molecule has 2 atom stereocenters. The van der Waals surface area contributed by atoms with Gasteiger partial charge in [-0.3, -0.25) is 9.69 Å². The lowest BCUT2D eigenvalue weighted by Gasteiger charge is -2.41. The van der Waals surface area contributed by atoms with Crippen LogP contribution in [0, 0.1) is 0 Å². The fraction of sp³-hybridized carbons (Fsp3) is 0.433. The number of piperidine rings is 1. The Kier molecular flexibility index (Phi) is 9.56. The molecule has 6 heteroatoms. The second-order valence-electron chi connectivity index (χ2n) is 9.45. The van der Waals surface area contributed by atoms with E-state index >= 15 is 0 Å². The molecule has 192 valence electrons. The number of nitrogens with zero attached hydrogens (tertiary/aromatic N) is 2. The normalized spacial score (nSPS) is 16.4. The number of hydrogen-bond acceptors (Lipinski definition) is 5. The van der Waals surface area contributed by atoms with Crippen molar-refractivity contribution in [2.45, 2.75) is 57.7 Å². The van der Waals surface area contributed by atoms with Crippen LogP contribution in [0.4, 0.5) is 5.69 Å². The number of carbonyl (C=O) groups excluding carboxylic acids is 1. The first kappa shape index (κ1) is 26.4. The first-order valence-corrected chi connectivity index (χ1v) is 14.0. The summed E-state index contributed by atoms with van der Waals surface area (Å²) < 4.78 is 6.66. The van der Waals surface area contributed by atoms with E-state index in [2.05, 4.69) is 58.9 Å². The molecular formula is C30H39N3O2S. The fourth-order valence-electron chi connectivity index (χ4n) is 5.14. The Hall–Kier alpha value is -2.67. The van der Waals surface area contributed by atoms with Crippen LogP contribution < -0.4 is 15.0 Å². The molecule has 2 heterocycles. The number of carbonyl (C=O) groups is 1. The number of benzene rings is 2. The second kappa shape index (κ2) is 13.0. The lowest BCUT2D eigenvalue weighted by Crippen LogP contribution is -2.48. The Morgan fingerprint density at radius 3 is 2.47 bits per heavy atom. The van der Waals surface area contributed by atoms with Gasteiger partial charge in [0.15, 0.2) is 0 Å².